The Morgan fingerprint density at radius 1 is 1.25 bits per heavy atom. The molecule has 1 aromatic carbocycles. The molecule has 5 N–H and O–H groups in total. The Bertz CT molecular complexity index is 920. The lowest BCUT2D eigenvalue weighted by Crippen LogP contribution is -2.34. The Morgan fingerprint density at radius 2 is 1.93 bits per heavy atom. The summed E-state index contributed by atoms with van der Waals surface area (Å²) in [5, 5.41) is 5.70. The van der Waals surface area contributed by atoms with Crippen LogP contribution in [0.3, 0.4) is 0 Å². The van der Waals surface area contributed by atoms with Gasteiger partial charge >= 0.3 is 0 Å². The van der Waals surface area contributed by atoms with E-state index in [1.807, 2.05) is 6.92 Å². The number of aryl methyl sites for hydroxylation is 1. The second-order valence-electron chi connectivity index (χ2n) is 6.79. The Kier molecular flexibility index (Phi) is 6.35. The SMILES string of the molecule is Cc1ccc(C(=O)Nc2c(N)nc(SCC(=O)NC3CCCC3)[nH]c2=O)cc1. The van der Waals surface area contributed by atoms with Gasteiger partial charge in [-0.15, -0.1) is 0 Å². The fraction of sp³-hybridized carbons (Fsp3) is 0.368. The van der Waals surface area contributed by atoms with Gasteiger partial charge in [0, 0.05) is 11.6 Å². The van der Waals surface area contributed by atoms with E-state index in [9.17, 15) is 14.4 Å². The highest BCUT2D eigenvalue weighted by Crippen LogP contribution is 2.19. The van der Waals surface area contributed by atoms with Crippen LogP contribution in [0, 0.1) is 6.92 Å². The average Bonchev–Trinajstić information content (AvgIpc) is 3.16. The van der Waals surface area contributed by atoms with Crippen molar-refractivity contribution in [2.24, 2.45) is 0 Å². The number of hydrogen-bond donors (Lipinski definition) is 4. The lowest BCUT2D eigenvalue weighted by atomic mass is 10.1. The number of carbonyl (C=O) groups excluding carboxylic acids is 2. The number of amides is 2. The molecule has 9 heteroatoms. The summed E-state index contributed by atoms with van der Waals surface area (Å²) in [5.41, 5.74) is 6.61. The van der Waals surface area contributed by atoms with Crippen LogP contribution in [0.25, 0.3) is 0 Å². The van der Waals surface area contributed by atoms with Gasteiger partial charge in [-0.2, -0.15) is 0 Å². The van der Waals surface area contributed by atoms with Crippen LogP contribution in [0.4, 0.5) is 11.5 Å². The number of thioether (sulfide) groups is 1. The van der Waals surface area contributed by atoms with Crippen LogP contribution in [-0.4, -0.2) is 33.6 Å². The Labute approximate surface area is 166 Å². The number of nitrogens with zero attached hydrogens (tertiary/aromatic N) is 1. The molecule has 1 saturated carbocycles. The molecule has 0 unspecified atom stereocenters. The monoisotopic (exact) mass is 401 g/mol. The fourth-order valence-corrected chi connectivity index (χ4v) is 3.70. The second-order valence-corrected chi connectivity index (χ2v) is 7.75. The summed E-state index contributed by atoms with van der Waals surface area (Å²) >= 11 is 1.09. The molecule has 1 aliphatic carbocycles. The molecule has 1 aromatic heterocycles. The fourth-order valence-electron chi connectivity index (χ4n) is 3.02. The van der Waals surface area contributed by atoms with Gasteiger partial charge in [-0.25, -0.2) is 4.98 Å². The van der Waals surface area contributed by atoms with Crippen LogP contribution in [0.5, 0.6) is 0 Å². The Balaban J connectivity index is 1.62. The molecule has 0 radical (unpaired) electrons. The summed E-state index contributed by atoms with van der Waals surface area (Å²) < 4.78 is 0. The third-order valence-electron chi connectivity index (χ3n) is 4.54. The number of benzene rings is 1. The van der Waals surface area contributed by atoms with E-state index in [2.05, 4.69) is 20.6 Å². The van der Waals surface area contributed by atoms with E-state index in [0.29, 0.717) is 5.56 Å². The Morgan fingerprint density at radius 3 is 2.57 bits per heavy atom. The number of carbonyl (C=O) groups is 2. The number of aromatic nitrogens is 2. The largest absolute Gasteiger partial charge is 0.382 e. The van der Waals surface area contributed by atoms with E-state index in [0.717, 1.165) is 43.0 Å². The van der Waals surface area contributed by atoms with Gasteiger partial charge in [0.1, 0.15) is 5.69 Å². The third kappa shape index (κ3) is 5.13. The smallest absolute Gasteiger partial charge is 0.277 e. The minimum Gasteiger partial charge on any atom is -0.382 e. The predicted molar refractivity (Wildman–Crippen MR) is 110 cm³/mol. The van der Waals surface area contributed by atoms with Crippen molar-refractivity contribution in [3.63, 3.8) is 0 Å². The Hall–Kier alpha value is -2.81. The van der Waals surface area contributed by atoms with Crippen molar-refractivity contribution in [2.45, 2.75) is 43.8 Å². The van der Waals surface area contributed by atoms with Gasteiger partial charge < -0.3 is 16.4 Å². The number of anilines is 2. The average molecular weight is 401 g/mol. The highest BCUT2D eigenvalue weighted by molar-refractivity contribution is 7.99. The summed E-state index contributed by atoms with van der Waals surface area (Å²) in [4.78, 5) is 43.2. The lowest BCUT2D eigenvalue weighted by Gasteiger charge is -2.11. The summed E-state index contributed by atoms with van der Waals surface area (Å²) in [6.07, 6.45) is 4.29. The molecule has 8 nitrogen and oxygen atoms in total. The number of H-pyrrole nitrogens is 1. The van der Waals surface area contributed by atoms with E-state index < -0.39 is 11.5 Å². The van der Waals surface area contributed by atoms with Gasteiger partial charge in [0.15, 0.2) is 11.0 Å². The van der Waals surface area contributed by atoms with Crippen molar-refractivity contribution in [1.29, 1.82) is 0 Å². The first-order valence-electron chi connectivity index (χ1n) is 9.12. The molecule has 1 fully saturated rings. The molecule has 0 bridgehead atoms. The maximum atomic E-state index is 12.3. The summed E-state index contributed by atoms with van der Waals surface area (Å²) in [6.45, 7) is 1.92. The van der Waals surface area contributed by atoms with Crippen LogP contribution < -0.4 is 21.9 Å². The first kappa shape index (κ1) is 19.9. The number of rotatable bonds is 6. The molecule has 0 atom stereocenters. The van der Waals surface area contributed by atoms with Crippen molar-refractivity contribution in [2.75, 3.05) is 16.8 Å². The zero-order valence-electron chi connectivity index (χ0n) is 15.6. The highest BCUT2D eigenvalue weighted by Gasteiger charge is 2.18. The summed E-state index contributed by atoms with van der Waals surface area (Å²) in [7, 11) is 0. The molecular formula is C19H23N5O3S. The third-order valence-corrected chi connectivity index (χ3v) is 5.41. The van der Waals surface area contributed by atoms with E-state index in [1.165, 1.54) is 0 Å². The first-order chi connectivity index (χ1) is 13.4. The molecular weight excluding hydrogens is 378 g/mol. The summed E-state index contributed by atoms with van der Waals surface area (Å²) in [6, 6.07) is 7.17. The number of hydrogen-bond acceptors (Lipinski definition) is 6. The van der Waals surface area contributed by atoms with E-state index in [-0.39, 0.29) is 34.4 Å². The molecule has 0 aliphatic heterocycles. The molecule has 2 aromatic rings. The minimum atomic E-state index is -0.563. The van der Waals surface area contributed by atoms with Crippen LogP contribution >= 0.6 is 11.8 Å². The number of nitrogens with one attached hydrogen (secondary N) is 3. The van der Waals surface area contributed by atoms with E-state index in [4.69, 9.17) is 5.73 Å². The highest BCUT2D eigenvalue weighted by atomic mass is 32.2. The molecule has 28 heavy (non-hydrogen) atoms. The summed E-state index contributed by atoms with van der Waals surface area (Å²) in [5.74, 6) is -0.512. The van der Waals surface area contributed by atoms with Crippen molar-refractivity contribution >= 4 is 35.1 Å². The van der Waals surface area contributed by atoms with Crippen LogP contribution in [0.15, 0.2) is 34.2 Å². The first-order valence-corrected chi connectivity index (χ1v) is 10.1. The second kappa shape index (κ2) is 8.92. The zero-order chi connectivity index (χ0) is 20.1. The zero-order valence-corrected chi connectivity index (χ0v) is 16.4. The van der Waals surface area contributed by atoms with E-state index >= 15 is 0 Å². The maximum absolute atomic E-state index is 12.3. The van der Waals surface area contributed by atoms with Gasteiger partial charge in [-0.05, 0) is 31.9 Å². The topological polar surface area (TPSA) is 130 Å². The van der Waals surface area contributed by atoms with E-state index in [1.54, 1.807) is 24.3 Å². The van der Waals surface area contributed by atoms with Crippen LogP contribution in [-0.2, 0) is 4.79 Å². The van der Waals surface area contributed by atoms with Gasteiger partial charge in [-0.1, -0.05) is 42.3 Å². The van der Waals surface area contributed by atoms with Crippen molar-refractivity contribution < 1.29 is 9.59 Å². The van der Waals surface area contributed by atoms with Crippen molar-refractivity contribution in [1.82, 2.24) is 15.3 Å². The van der Waals surface area contributed by atoms with Gasteiger partial charge in [0.25, 0.3) is 11.5 Å². The molecule has 1 heterocycles. The van der Waals surface area contributed by atoms with Crippen LogP contribution in [0.2, 0.25) is 0 Å². The number of nitrogen functional groups attached to an aromatic ring is 1. The minimum absolute atomic E-state index is 0.0945. The predicted octanol–water partition coefficient (Wildman–Crippen LogP) is 2.06. The molecule has 148 valence electrons. The molecule has 3 rings (SSSR count). The molecule has 1 aliphatic rings. The lowest BCUT2D eigenvalue weighted by molar-refractivity contribution is -0.119. The number of nitrogens with two attached hydrogens (primary N) is 1. The van der Waals surface area contributed by atoms with Gasteiger partial charge in [-0.3, -0.25) is 19.4 Å². The van der Waals surface area contributed by atoms with Gasteiger partial charge in [0.2, 0.25) is 5.91 Å². The standard InChI is InChI=1S/C19H23N5O3S/c1-11-6-8-12(9-7-11)17(26)22-15-16(20)23-19(24-18(15)27)28-10-14(25)21-13-4-2-3-5-13/h6-9,13H,2-5,10H2,1H3,(H,21,25)(H,22,26)(H3,20,23,24,27). The quantitative estimate of drug-likeness (QED) is 0.433. The van der Waals surface area contributed by atoms with Crippen molar-refractivity contribution in [3.05, 3.63) is 45.7 Å². The molecule has 0 spiro atoms. The van der Waals surface area contributed by atoms with Gasteiger partial charge in [0.05, 0.1) is 5.75 Å². The van der Waals surface area contributed by atoms with Crippen LogP contribution in [0.1, 0.15) is 41.6 Å². The maximum Gasteiger partial charge on any atom is 0.277 e. The van der Waals surface area contributed by atoms with Crippen molar-refractivity contribution in [3.8, 4) is 0 Å². The normalized spacial score (nSPS) is 14.0. The molecule has 2 amide bonds. The number of aromatic amines is 1. The molecule has 0 saturated heterocycles.